The number of benzene rings is 2. The van der Waals surface area contributed by atoms with Crippen LogP contribution in [-0.2, 0) is 12.0 Å². The minimum absolute atomic E-state index is 0. The van der Waals surface area contributed by atoms with Crippen molar-refractivity contribution < 1.29 is 23.0 Å². The van der Waals surface area contributed by atoms with Crippen LogP contribution in [0.4, 0.5) is 13.2 Å². The lowest BCUT2D eigenvalue weighted by atomic mass is 9.78. The number of alkyl halides is 3. The fourth-order valence-corrected chi connectivity index (χ4v) is 3.51. The molecule has 30 heavy (non-hydrogen) atoms. The third-order valence-corrected chi connectivity index (χ3v) is 5.62. The van der Waals surface area contributed by atoms with Gasteiger partial charge in [0.2, 0.25) is 0 Å². The maximum atomic E-state index is 12.4. The van der Waals surface area contributed by atoms with Gasteiger partial charge in [0.05, 0.1) is 0 Å². The molecule has 2 aromatic rings. The van der Waals surface area contributed by atoms with Gasteiger partial charge < -0.3 is 15.2 Å². The van der Waals surface area contributed by atoms with Crippen LogP contribution in [0.25, 0.3) is 11.1 Å². The molecule has 0 aliphatic heterocycles. The van der Waals surface area contributed by atoms with Crippen LogP contribution < -0.4 is 10.1 Å². The van der Waals surface area contributed by atoms with Crippen molar-refractivity contribution in [1.82, 2.24) is 5.32 Å². The quantitative estimate of drug-likeness (QED) is 0.539. The first-order valence-corrected chi connectivity index (χ1v) is 9.84. The zero-order valence-electron chi connectivity index (χ0n) is 17.7. The van der Waals surface area contributed by atoms with Crippen LogP contribution in [0.15, 0.2) is 36.4 Å². The number of phenolic OH excluding ortho intramolecular Hbond substituents is 1. The molecule has 1 aliphatic rings. The molecule has 0 aromatic heterocycles. The van der Waals surface area contributed by atoms with Gasteiger partial charge in [-0.1, -0.05) is 39.0 Å². The summed E-state index contributed by atoms with van der Waals surface area (Å²) in [6.45, 7) is 8.99. The highest BCUT2D eigenvalue weighted by molar-refractivity contribution is 5.85. The standard InChI is InChI=1S/C23H28F3NO2.ClH/c1-21(2,3)17-12-16(14-27-22(4)10-5-11-22)20(28)19(13-17)15-6-8-18(9-7-15)29-23(24,25)26;/h6-9,12-13,27-28H,5,10-11,14H2,1-4H3;1H. The molecule has 3 rings (SSSR count). The van der Waals surface area contributed by atoms with Gasteiger partial charge in [-0.25, -0.2) is 0 Å². The Labute approximate surface area is 182 Å². The third-order valence-electron chi connectivity index (χ3n) is 5.62. The van der Waals surface area contributed by atoms with Crippen molar-refractivity contribution in [2.75, 3.05) is 0 Å². The average molecular weight is 444 g/mol. The smallest absolute Gasteiger partial charge is 0.507 e. The summed E-state index contributed by atoms with van der Waals surface area (Å²) in [6, 6.07) is 9.51. The molecule has 0 bridgehead atoms. The molecule has 166 valence electrons. The maximum absolute atomic E-state index is 12.4. The highest BCUT2D eigenvalue weighted by atomic mass is 35.5. The van der Waals surface area contributed by atoms with E-state index in [1.807, 2.05) is 12.1 Å². The predicted molar refractivity (Wildman–Crippen MR) is 115 cm³/mol. The molecular weight excluding hydrogens is 415 g/mol. The third kappa shape index (κ3) is 5.82. The molecule has 2 aromatic carbocycles. The van der Waals surface area contributed by atoms with E-state index in [4.69, 9.17) is 0 Å². The zero-order valence-corrected chi connectivity index (χ0v) is 18.5. The first-order chi connectivity index (χ1) is 13.4. The number of phenols is 1. The summed E-state index contributed by atoms with van der Waals surface area (Å²) in [5, 5.41) is 14.5. The largest absolute Gasteiger partial charge is 0.573 e. The van der Waals surface area contributed by atoms with Gasteiger partial charge in [-0.3, -0.25) is 0 Å². The molecular formula is C23H29ClF3NO2. The van der Waals surface area contributed by atoms with Crippen molar-refractivity contribution in [3.05, 3.63) is 47.5 Å². The molecule has 0 unspecified atom stereocenters. The fraction of sp³-hybridized carbons (Fsp3) is 0.478. The lowest BCUT2D eigenvalue weighted by Crippen LogP contribution is -2.47. The molecule has 3 nitrogen and oxygen atoms in total. The highest BCUT2D eigenvalue weighted by Gasteiger charge is 2.32. The Morgan fingerprint density at radius 3 is 2.13 bits per heavy atom. The van der Waals surface area contributed by atoms with Gasteiger partial charge in [0, 0.05) is 23.2 Å². The van der Waals surface area contributed by atoms with Crippen LogP contribution in [0, 0.1) is 0 Å². The van der Waals surface area contributed by atoms with E-state index < -0.39 is 6.36 Å². The molecule has 0 heterocycles. The Morgan fingerprint density at radius 1 is 1.07 bits per heavy atom. The van der Waals surface area contributed by atoms with Crippen LogP contribution in [0.3, 0.4) is 0 Å². The van der Waals surface area contributed by atoms with Crippen molar-refractivity contribution in [3.63, 3.8) is 0 Å². The number of nitrogens with one attached hydrogen (secondary N) is 1. The number of hydrogen-bond acceptors (Lipinski definition) is 3. The summed E-state index contributed by atoms with van der Waals surface area (Å²) >= 11 is 0. The Morgan fingerprint density at radius 2 is 1.67 bits per heavy atom. The SMILES string of the molecule is CC1(NCc2cc(C(C)(C)C)cc(-c3ccc(OC(F)(F)F)cc3)c2O)CCC1.Cl. The normalized spacial score (nSPS) is 15.8. The minimum Gasteiger partial charge on any atom is -0.507 e. The van der Waals surface area contributed by atoms with E-state index in [1.165, 1.54) is 30.7 Å². The van der Waals surface area contributed by atoms with E-state index in [1.54, 1.807) is 0 Å². The van der Waals surface area contributed by atoms with Crippen molar-refractivity contribution in [2.24, 2.45) is 0 Å². The van der Waals surface area contributed by atoms with Crippen LogP contribution >= 0.6 is 12.4 Å². The van der Waals surface area contributed by atoms with E-state index in [0.717, 1.165) is 24.0 Å². The monoisotopic (exact) mass is 443 g/mol. The number of rotatable bonds is 5. The van der Waals surface area contributed by atoms with Gasteiger partial charge in [0.1, 0.15) is 11.5 Å². The lowest BCUT2D eigenvalue weighted by molar-refractivity contribution is -0.274. The van der Waals surface area contributed by atoms with Crippen LogP contribution in [-0.4, -0.2) is 17.0 Å². The lowest BCUT2D eigenvalue weighted by Gasteiger charge is -2.39. The average Bonchev–Trinajstić information content (AvgIpc) is 2.57. The molecule has 0 saturated heterocycles. The number of hydrogen-bond donors (Lipinski definition) is 2. The molecule has 7 heteroatoms. The van der Waals surface area contributed by atoms with Crippen molar-refractivity contribution >= 4 is 12.4 Å². The summed E-state index contributed by atoms with van der Waals surface area (Å²) < 4.78 is 41.2. The Balaban J connectivity index is 0.00000320. The Kier molecular flexibility index (Phi) is 7.04. The number of ether oxygens (including phenoxy) is 1. The van der Waals surface area contributed by atoms with Gasteiger partial charge in [-0.15, -0.1) is 25.6 Å². The first-order valence-electron chi connectivity index (χ1n) is 9.84. The predicted octanol–water partition coefficient (Wildman–Crippen LogP) is 6.71. The summed E-state index contributed by atoms with van der Waals surface area (Å²) in [5.74, 6) is -0.134. The number of aromatic hydroxyl groups is 1. The molecule has 2 N–H and O–H groups in total. The minimum atomic E-state index is -4.73. The molecule has 1 fully saturated rings. The number of halogens is 4. The first kappa shape index (κ1) is 24.4. The highest BCUT2D eigenvalue weighted by Crippen LogP contribution is 2.39. The fourth-order valence-electron chi connectivity index (χ4n) is 3.51. The second kappa shape index (κ2) is 8.67. The summed E-state index contributed by atoms with van der Waals surface area (Å²) in [4.78, 5) is 0. The second-order valence-electron chi connectivity index (χ2n) is 9.12. The molecule has 0 radical (unpaired) electrons. The van der Waals surface area contributed by atoms with Gasteiger partial charge >= 0.3 is 6.36 Å². The van der Waals surface area contributed by atoms with Crippen LogP contribution in [0.2, 0.25) is 0 Å². The van der Waals surface area contributed by atoms with Crippen molar-refractivity contribution in [2.45, 2.75) is 70.8 Å². The maximum Gasteiger partial charge on any atom is 0.573 e. The van der Waals surface area contributed by atoms with E-state index in [0.29, 0.717) is 17.7 Å². The van der Waals surface area contributed by atoms with Gasteiger partial charge in [0.25, 0.3) is 0 Å². The summed E-state index contributed by atoms with van der Waals surface area (Å²) in [7, 11) is 0. The summed E-state index contributed by atoms with van der Waals surface area (Å²) in [6.07, 6.45) is -1.30. The van der Waals surface area contributed by atoms with Gasteiger partial charge in [0.15, 0.2) is 0 Å². The summed E-state index contributed by atoms with van der Waals surface area (Å²) in [5.41, 5.74) is 3.04. The van der Waals surface area contributed by atoms with Crippen molar-refractivity contribution in [1.29, 1.82) is 0 Å². The Hall–Kier alpha value is -1.92. The molecule has 0 amide bonds. The molecule has 1 saturated carbocycles. The van der Waals surface area contributed by atoms with Crippen LogP contribution in [0.5, 0.6) is 11.5 Å². The van der Waals surface area contributed by atoms with Gasteiger partial charge in [-0.2, -0.15) is 0 Å². The van der Waals surface area contributed by atoms with Crippen LogP contribution in [0.1, 0.15) is 58.1 Å². The van der Waals surface area contributed by atoms with E-state index >= 15 is 0 Å². The zero-order chi connectivity index (χ0) is 21.4. The molecule has 1 aliphatic carbocycles. The molecule has 0 atom stereocenters. The van der Waals surface area contributed by atoms with Gasteiger partial charge in [-0.05, 0) is 60.9 Å². The van der Waals surface area contributed by atoms with E-state index in [-0.39, 0.29) is 34.9 Å². The van der Waals surface area contributed by atoms with E-state index in [2.05, 4.69) is 37.7 Å². The topological polar surface area (TPSA) is 41.5 Å². The van der Waals surface area contributed by atoms with Crippen molar-refractivity contribution in [3.8, 4) is 22.6 Å². The Bertz CT molecular complexity index is 870. The van der Waals surface area contributed by atoms with E-state index in [9.17, 15) is 18.3 Å². The molecule has 0 spiro atoms. The second-order valence-corrected chi connectivity index (χ2v) is 9.12.